The highest BCUT2D eigenvalue weighted by molar-refractivity contribution is 5.41. The molecule has 4 heteroatoms. The summed E-state index contributed by atoms with van der Waals surface area (Å²) in [6.45, 7) is 7.44. The molecule has 0 aliphatic carbocycles. The fourth-order valence-corrected chi connectivity index (χ4v) is 2.66. The molecule has 0 amide bonds. The molecule has 2 aromatic carbocycles. The first kappa shape index (κ1) is 33.2. The summed E-state index contributed by atoms with van der Waals surface area (Å²) >= 11 is 0. The van der Waals surface area contributed by atoms with Gasteiger partial charge in [0, 0.05) is 12.5 Å². The number of methoxy groups -OCH3 is 2. The molecule has 0 aliphatic rings. The van der Waals surface area contributed by atoms with E-state index in [-0.39, 0.29) is 41.2 Å². The van der Waals surface area contributed by atoms with Crippen molar-refractivity contribution >= 4 is 0 Å². The number of rotatable bonds is 10. The summed E-state index contributed by atoms with van der Waals surface area (Å²) in [6, 6.07) is 16.5. The van der Waals surface area contributed by atoms with Gasteiger partial charge < -0.3 is 18.9 Å². The van der Waals surface area contributed by atoms with Crippen molar-refractivity contribution in [1.29, 1.82) is 0 Å². The van der Waals surface area contributed by atoms with Crippen molar-refractivity contribution in [2.75, 3.05) is 27.4 Å². The quantitative estimate of drug-likeness (QED) is 0.363. The van der Waals surface area contributed by atoms with E-state index in [1.165, 1.54) is 11.1 Å². The molecule has 2 aromatic rings. The second-order valence-corrected chi connectivity index (χ2v) is 6.95. The topological polar surface area (TPSA) is 36.9 Å². The summed E-state index contributed by atoms with van der Waals surface area (Å²) in [5.74, 6) is 1.69. The van der Waals surface area contributed by atoms with E-state index in [2.05, 4.69) is 38.1 Å². The molecule has 0 heterocycles. The Morgan fingerprint density at radius 1 is 0.774 bits per heavy atom. The molecule has 178 valence electrons. The summed E-state index contributed by atoms with van der Waals surface area (Å²) in [6.07, 6.45) is 3.52. The van der Waals surface area contributed by atoms with Crippen molar-refractivity contribution in [2.24, 2.45) is 0 Å². The molecule has 0 spiro atoms. The zero-order valence-corrected chi connectivity index (χ0v) is 16.9. The molecule has 0 saturated heterocycles. The number of ether oxygens (including phenoxy) is 4. The highest BCUT2D eigenvalue weighted by Gasteiger charge is 2.23. The van der Waals surface area contributed by atoms with Crippen molar-refractivity contribution in [3.05, 3.63) is 72.0 Å². The lowest BCUT2D eigenvalue weighted by Crippen LogP contribution is -2.19. The van der Waals surface area contributed by atoms with Gasteiger partial charge in [0.15, 0.2) is 0 Å². The lowest BCUT2D eigenvalue weighted by molar-refractivity contribution is 0.0716. The van der Waals surface area contributed by atoms with E-state index in [4.69, 9.17) is 18.9 Å². The summed E-state index contributed by atoms with van der Waals surface area (Å²) in [5, 5.41) is 0. The van der Waals surface area contributed by atoms with Gasteiger partial charge in [0.2, 0.25) is 0 Å². The van der Waals surface area contributed by atoms with Crippen LogP contribution in [-0.4, -0.2) is 33.5 Å². The SMILES string of the molecule is C.C.C.C.CO/C=C/COc1ccc(C(C)(C)c2ccc(OCC(C)OC)cc2)cc1. The molecule has 0 radical (unpaired) electrons. The minimum Gasteiger partial charge on any atom is -0.505 e. The molecule has 2 rings (SSSR count). The van der Waals surface area contributed by atoms with Crippen molar-refractivity contribution < 1.29 is 18.9 Å². The molecule has 1 atom stereocenters. The molecule has 0 N–H and O–H groups in total. The first-order valence-corrected chi connectivity index (χ1v) is 9.14. The van der Waals surface area contributed by atoms with Gasteiger partial charge in [-0.05, 0) is 48.4 Å². The predicted octanol–water partition coefficient (Wildman–Crippen LogP) is 7.51. The van der Waals surface area contributed by atoms with Crippen LogP contribution in [0.25, 0.3) is 0 Å². The molecule has 0 bridgehead atoms. The van der Waals surface area contributed by atoms with Gasteiger partial charge >= 0.3 is 0 Å². The summed E-state index contributed by atoms with van der Waals surface area (Å²) < 4.78 is 21.5. The van der Waals surface area contributed by atoms with Crippen LogP contribution in [-0.2, 0) is 14.9 Å². The van der Waals surface area contributed by atoms with Crippen LogP contribution in [0, 0.1) is 0 Å². The Kier molecular flexibility index (Phi) is 17.4. The highest BCUT2D eigenvalue weighted by atomic mass is 16.5. The van der Waals surface area contributed by atoms with Gasteiger partial charge in [-0.25, -0.2) is 0 Å². The van der Waals surface area contributed by atoms with E-state index in [1.54, 1.807) is 20.5 Å². The average molecular weight is 435 g/mol. The fourth-order valence-electron chi connectivity index (χ4n) is 2.66. The molecule has 31 heavy (non-hydrogen) atoms. The zero-order valence-electron chi connectivity index (χ0n) is 16.9. The van der Waals surface area contributed by atoms with Crippen LogP contribution >= 0.6 is 0 Å². The molecule has 1 unspecified atom stereocenters. The van der Waals surface area contributed by atoms with Gasteiger partial charge in [-0.15, -0.1) is 0 Å². The third kappa shape index (κ3) is 9.93. The number of hydrogen-bond donors (Lipinski definition) is 0. The van der Waals surface area contributed by atoms with E-state index < -0.39 is 0 Å². The van der Waals surface area contributed by atoms with Crippen LogP contribution in [0.5, 0.6) is 11.5 Å². The van der Waals surface area contributed by atoms with Crippen LogP contribution in [0.15, 0.2) is 60.9 Å². The monoisotopic (exact) mass is 434 g/mol. The second-order valence-electron chi connectivity index (χ2n) is 6.95. The van der Waals surface area contributed by atoms with E-state index in [0.717, 1.165) is 11.5 Å². The minimum atomic E-state index is -0.118. The van der Waals surface area contributed by atoms with E-state index >= 15 is 0 Å². The van der Waals surface area contributed by atoms with Crippen LogP contribution in [0.4, 0.5) is 0 Å². The van der Waals surface area contributed by atoms with Gasteiger partial charge in [0.1, 0.15) is 24.7 Å². The maximum atomic E-state index is 5.75. The van der Waals surface area contributed by atoms with Crippen LogP contribution < -0.4 is 9.47 Å². The fraction of sp³-hybridized carbons (Fsp3) is 0.481. The lowest BCUT2D eigenvalue weighted by Gasteiger charge is -2.26. The molecule has 0 saturated carbocycles. The minimum absolute atomic E-state index is 0. The molecular weight excluding hydrogens is 388 g/mol. The van der Waals surface area contributed by atoms with Crippen LogP contribution in [0.3, 0.4) is 0 Å². The normalized spacial score (nSPS) is 11.1. The Labute approximate surface area is 192 Å². The van der Waals surface area contributed by atoms with Gasteiger partial charge in [-0.3, -0.25) is 0 Å². The lowest BCUT2D eigenvalue weighted by atomic mass is 9.78. The maximum Gasteiger partial charge on any atom is 0.119 e. The highest BCUT2D eigenvalue weighted by Crippen LogP contribution is 2.33. The Bertz CT molecular complexity index is 703. The first-order chi connectivity index (χ1) is 13.0. The smallest absolute Gasteiger partial charge is 0.119 e. The van der Waals surface area contributed by atoms with E-state index in [1.807, 2.05) is 37.3 Å². The van der Waals surface area contributed by atoms with E-state index in [9.17, 15) is 0 Å². The Morgan fingerprint density at radius 3 is 1.65 bits per heavy atom. The van der Waals surface area contributed by atoms with Gasteiger partial charge in [-0.1, -0.05) is 67.8 Å². The Hall–Kier alpha value is -2.46. The summed E-state index contributed by atoms with van der Waals surface area (Å²) in [5.41, 5.74) is 2.34. The standard InChI is InChI=1S/C23H30O4.4CH4/c1-18(25-5)17-27-22-13-9-20(10-14-22)23(2,3)19-7-11-21(12-8-19)26-16-6-15-24-4;;;;/h6-15,18H,16-17H2,1-5H3;4*1H4/b15-6+;;;;. The Morgan fingerprint density at radius 2 is 1.23 bits per heavy atom. The molecule has 0 aliphatic heterocycles. The first-order valence-electron chi connectivity index (χ1n) is 9.14. The van der Waals surface area contributed by atoms with Crippen molar-refractivity contribution in [1.82, 2.24) is 0 Å². The van der Waals surface area contributed by atoms with Crippen molar-refractivity contribution in [3.8, 4) is 11.5 Å². The van der Waals surface area contributed by atoms with Crippen LogP contribution in [0.1, 0.15) is 61.6 Å². The van der Waals surface area contributed by atoms with Crippen molar-refractivity contribution in [2.45, 2.75) is 62.0 Å². The molecule has 4 nitrogen and oxygen atoms in total. The second kappa shape index (κ2) is 16.3. The maximum absolute atomic E-state index is 5.75. The molecule has 0 fully saturated rings. The van der Waals surface area contributed by atoms with Gasteiger partial charge in [0.25, 0.3) is 0 Å². The third-order valence-electron chi connectivity index (χ3n) is 4.62. The largest absolute Gasteiger partial charge is 0.505 e. The summed E-state index contributed by atoms with van der Waals surface area (Å²) in [7, 11) is 3.30. The van der Waals surface area contributed by atoms with Crippen LogP contribution in [0.2, 0.25) is 0 Å². The average Bonchev–Trinajstić information content (AvgIpc) is 2.70. The van der Waals surface area contributed by atoms with Gasteiger partial charge in [0.05, 0.1) is 19.5 Å². The van der Waals surface area contributed by atoms with Gasteiger partial charge in [-0.2, -0.15) is 0 Å². The number of hydrogen-bond acceptors (Lipinski definition) is 4. The van der Waals surface area contributed by atoms with Crippen molar-refractivity contribution in [3.63, 3.8) is 0 Å². The Balaban J connectivity index is -0.00000196. The molecule has 0 aromatic heterocycles. The predicted molar refractivity (Wildman–Crippen MR) is 136 cm³/mol. The van der Waals surface area contributed by atoms with E-state index in [0.29, 0.717) is 13.2 Å². The zero-order chi connectivity index (χ0) is 19.7. The number of benzene rings is 2. The third-order valence-corrected chi connectivity index (χ3v) is 4.62. The summed E-state index contributed by atoms with van der Waals surface area (Å²) in [4.78, 5) is 0. The molecular formula is C27H46O4.